The van der Waals surface area contributed by atoms with Gasteiger partial charge in [0.15, 0.2) is 5.60 Å². The summed E-state index contributed by atoms with van der Waals surface area (Å²) in [5.41, 5.74) is 6.69. The molecule has 2 N–H and O–H groups in total. The van der Waals surface area contributed by atoms with E-state index in [1.54, 1.807) is 44.6 Å². The van der Waals surface area contributed by atoms with E-state index in [1.807, 2.05) is 44.2 Å². The maximum absolute atomic E-state index is 14.1. The van der Waals surface area contributed by atoms with Crippen LogP contribution in [-0.2, 0) is 35.1 Å². The van der Waals surface area contributed by atoms with Crippen LogP contribution in [0.5, 0.6) is 0 Å². The normalized spacial score (nSPS) is 32.4. The predicted octanol–water partition coefficient (Wildman–Crippen LogP) is 4.82. The number of Topliss-reactive ketones (excluding diaryl/α,β-unsaturated/α-hetero) is 2. The quantitative estimate of drug-likeness (QED) is 0.135. The molecule has 2 saturated heterocycles. The smallest absolute Gasteiger partial charge is 0.411 e. The zero-order valence-corrected chi connectivity index (χ0v) is 29.9. The topological polar surface area (TPSA) is 156 Å². The van der Waals surface area contributed by atoms with E-state index in [9.17, 15) is 19.2 Å². The van der Waals surface area contributed by atoms with Gasteiger partial charge in [-0.15, -0.1) is 5.10 Å². The number of cyclic esters (lactones) is 1. The SMILES string of the molecule is [B][C@@]1(C(C)OC)CC[C@@H](C)C(=O)[C@H](C)[C@H]2N(C/C=C/Cn3cc(-c4cccc(N)c4)nn3)C(=O)O[C@]2(C)[C@@H](CC)OC(=O)[C@H](C)C(=O)[C@@H]1C. The van der Waals surface area contributed by atoms with Gasteiger partial charge < -0.3 is 19.9 Å². The van der Waals surface area contributed by atoms with Crippen LogP contribution in [0.3, 0.4) is 0 Å². The highest BCUT2D eigenvalue weighted by Gasteiger charge is 2.59. The molecule has 2 aliphatic heterocycles. The number of fused-ring (bicyclic) bond motifs is 1. The number of esters is 1. The number of rotatable bonds is 8. The molecule has 0 saturated carbocycles. The Morgan fingerprint density at radius 1 is 1.12 bits per heavy atom. The standard InChI is InChI=1S/C36H50BN5O7/c1-9-29-35(7)32(42(34(46)49-35)18-11-10-17-41-20-28(39-40-41)26-13-12-14-27(38)19-26)22(3)30(43)21(2)15-16-36(37,25(6)47-8)24(5)31(44)23(4)33(45)48-29/h10-14,19-25,29,32H,9,15-18,38H2,1-8H3/b11-10+/t21-,22+,23-,24+,25?,29-,32-,35-,36+/m1/s1. The fraction of sp³-hybridized carbons (Fsp3) is 0.611. The molecule has 1 aromatic carbocycles. The van der Waals surface area contributed by atoms with E-state index in [0.717, 1.165) is 5.56 Å². The lowest BCUT2D eigenvalue weighted by Gasteiger charge is -2.43. The largest absolute Gasteiger partial charge is 0.458 e. The minimum Gasteiger partial charge on any atom is -0.458 e. The van der Waals surface area contributed by atoms with E-state index in [-0.39, 0.29) is 24.5 Å². The lowest BCUT2D eigenvalue weighted by atomic mass is 9.53. The summed E-state index contributed by atoms with van der Waals surface area (Å²) in [4.78, 5) is 56.4. The van der Waals surface area contributed by atoms with Crippen molar-refractivity contribution in [3.05, 3.63) is 42.6 Å². The van der Waals surface area contributed by atoms with E-state index in [0.29, 0.717) is 30.8 Å². The average Bonchev–Trinajstić information content (AvgIpc) is 3.66. The molecule has 1 unspecified atom stereocenters. The Morgan fingerprint density at radius 2 is 1.82 bits per heavy atom. The zero-order chi connectivity index (χ0) is 36.3. The molecule has 0 aliphatic carbocycles. The predicted molar refractivity (Wildman–Crippen MR) is 185 cm³/mol. The van der Waals surface area contributed by atoms with Crippen LogP contribution in [0.1, 0.15) is 67.7 Å². The molecule has 49 heavy (non-hydrogen) atoms. The maximum Gasteiger partial charge on any atom is 0.411 e. The maximum atomic E-state index is 14.1. The monoisotopic (exact) mass is 675 g/mol. The third-order valence-electron chi connectivity index (χ3n) is 10.8. The summed E-state index contributed by atoms with van der Waals surface area (Å²) in [6, 6.07) is 6.60. The van der Waals surface area contributed by atoms with E-state index < -0.39 is 64.9 Å². The molecule has 12 nitrogen and oxygen atoms in total. The number of ether oxygens (including phenoxy) is 3. The van der Waals surface area contributed by atoms with Gasteiger partial charge in [0.05, 0.1) is 32.7 Å². The summed E-state index contributed by atoms with van der Waals surface area (Å²) in [5, 5.41) is 7.29. The van der Waals surface area contributed by atoms with Crippen molar-refractivity contribution >= 4 is 37.2 Å². The third-order valence-corrected chi connectivity index (χ3v) is 10.8. The van der Waals surface area contributed by atoms with E-state index in [1.165, 1.54) is 18.9 Å². The first-order valence-corrected chi connectivity index (χ1v) is 17.1. The van der Waals surface area contributed by atoms with Crippen LogP contribution < -0.4 is 5.73 Å². The number of hydrogen-bond acceptors (Lipinski definition) is 10. The number of amides is 1. The van der Waals surface area contributed by atoms with Crippen LogP contribution >= 0.6 is 0 Å². The summed E-state index contributed by atoms with van der Waals surface area (Å²) in [6.45, 7) is 12.7. The van der Waals surface area contributed by atoms with Crippen molar-refractivity contribution in [3.8, 4) is 11.3 Å². The second-order valence-electron chi connectivity index (χ2n) is 13.9. The summed E-state index contributed by atoms with van der Waals surface area (Å²) < 4.78 is 19.3. The van der Waals surface area contributed by atoms with Crippen LogP contribution in [0, 0.1) is 23.7 Å². The first-order chi connectivity index (χ1) is 23.1. The number of allylic oxidation sites excluding steroid dienone is 1. The van der Waals surface area contributed by atoms with Crippen molar-refractivity contribution in [2.24, 2.45) is 23.7 Å². The highest BCUT2D eigenvalue weighted by Crippen LogP contribution is 2.46. The molecular formula is C36H50BN5O7. The van der Waals surface area contributed by atoms with Crippen molar-refractivity contribution in [1.82, 2.24) is 19.9 Å². The second kappa shape index (κ2) is 15.3. The lowest BCUT2D eigenvalue weighted by molar-refractivity contribution is -0.171. The number of carbonyl (C=O) groups is 4. The van der Waals surface area contributed by atoms with Gasteiger partial charge in [-0.05, 0) is 51.1 Å². The Bertz CT molecular complexity index is 1560. The second-order valence-corrected chi connectivity index (χ2v) is 13.9. The number of nitrogens with two attached hydrogens (primary N) is 1. The molecule has 2 radical (unpaired) electrons. The first-order valence-electron chi connectivity index (χ1n) is 17.1. The molecule has 2 fully saturated rings. The number of nitrogens with zero attached hydrogens (tertiary/aromatic N) is 4. The molecule has 9 atom stereocenters. The van der Waals surface area contributed by atoms with Gasteiger partial charge in [0.25, 0.3) is 0 Å². The van der Waals surface area contributed by atoms with Crippen LogP contribution in [-0.4, -0.2) is 88.9 Å². The van der Waals surface area contributed by atoms with Gasteiger partial charge in [0, 0.05) is 42.7 Å². The van der Waals surface area contributed by atoms with Gasteiger partial charge in [-0.2, -0.15) is 0 Å². The van der Waals surface area contributed by atoms with Crippen LogP contribution in [0.2, 0.25) is 5.31 Å². The van der Waals surface area contributed by atoms with Gasteiger partial charge in [0.2, 0.25) is 0 Å². The van der Waals surface area contributed by atoms with Gasteiger partial charge in [0.1, 0.15) is 29.3 Å². The Hall–Kier alpha value is -4.00. The van der Waals surface area contributed by atoms with Gasteiger partial charge >= 0.3 is 12.1 Å². The van der Waals surface area contributed by atoms with Crippen LogP contribution in [0.4, 0.5) is 10.5 Å². The van der Waals surface area contributed by atoms with Crippen molar-refractivity contribution in [1.29, 1.82) is 0 Å². The molecular weight excluding hydrogens is 625 g/mol. The van der Waals surface area contributed by atoms with Crippen molar-refractivity contribution in [2.75, 3.05) is 19.4 Å². The molecule has 0 spiro atoms. The number of methoxy groups -OCH3 is 1. The van der Waals surface area contributed by atoms with E-state index in [2.05, 4.69) is 10.3 Å². The summed E-state index contributed by atoms with van der Waals surface area (Å²) in [5.74, 6) is -4.21. The molecule has 264 valence electrons. The third kappa shape index (κ3) is 7.61. The molecule has 2 aromatic rings. The average molecular weight is 676 g/mol. The number of ketones is 2. The number of aromatic nitrogens is 3. The van der Waals surface area contributed by atoms with Crippen molar-refractivity contribution in [3.63, 3.8) is 0 Å². The van der Waals surface area contributed by atoms with Crippen LogP contribution in [0.25, 0.3) is 11.3 Å². The highest BCUT2D eigenvalue weighted by molar-refractivity contribution is 6.18. The lowest BCUT2D eigenvalue weighted by Crippen LogP contribution is -2.57. The Morgan fingerprint density at radius 3 is 2.47 bits per heavy atom. The number of benzene rings is 1. The van der Waals surface area contributed by atoms with Gasteiger partial charge in [-0.1, -0.05) is 63.6 Å². The van der Waals surface area contributed by atoms with Crippen molar-refractivity contribution < 1.29 is 33.4 Å². The zero-order valence-electron chi connectivity index (χ0n) is 29.9. The molecule has 0 bridgehead atoms. The molecule has 1 amide bonds. The molecule has 13 heteroatoms. The Kier molecular flexibility index (Phi) is 11.8. The van der Waals surface area contributed by atoms with E-state index >= 15 is 0 Å². The fourth-order valence-corrected chi connectivity index (χ4v) is 7.34. The number of nitrogen functional groups attached to an aromatic ring is 1. The number of anilines is 1. The number of hydrogen-bond donors (Lipinski definition) is 1. The summed E-state index contributed by atoms with van der Waals surface area (Å²) >= 11 is 0. The minimum atomic E-state index is -1.37. The van der Waals surface area contributed by atoms with Crippen LogP contribution in [0.15, 0.2) is 42.6 Å². The van der Waals surface area contributed by atoms with Gasteiger partial charge in [-0.25, -0.2) is 9.48 Å². The van der Waals surface area contributed by atoms with E-state index in [4.69, 9.17) is 27.8 Å². The Balaban J connectivity index is 1.63. The number of carbonyl (C=O) groups excluding carboxylic acids is 4. The first kappa shape index (κ1) is 37.8. The molecule has 2 aliphatic rings. The van der Waals surface area contributed by atoms with Gasteiger partial charge in [-0.3, -0.25) is 19.3 Å². The van der Waals surface area contributed by atoms with Crippen molar-refractivity contribution in [2.45, 2.75) is 103 Å². The molecule has 3 heterocycles. The molecule has 4 rings (SSSR count). The fourth-order valence-electron chi connectivity index (χ4n) is 7.34. The summed E-state index contributed by atoms with van der Waals surface area (Å²) in [6.07, 6.45) is 4.35. The minimum absolute atomic E-state index is 0.0850. The summed E-state index contributed by atoms with van der Waals surface area (Å²) in [7, 11) is 8.41. The molecule has 1 aromatic heterocycles. The Labute approximate surface area is 290 Å². The highest BCUT2D eigenvalue weighted by atomic mass is 16.6.